The van der Waals surface area contributed by atoms with Crippen LogP contribution in [0, 0.1) is 3.57 Å². The van der Waals surface area contributed by atoms with Crippen LogP contribution >= 0.6 is 46.4 Å². The minimum absolute atomic E-state index is 0.531. The van der Waals surface area contributed by atoms with Gasteiger partial charge in [0, 0.05) is 14.6 Å². The molecule has 1 aliphatic carbocycles. The van der Waals surface area contributed by atoms with Crippen molar-refractivity contribution in [1.82, 2.24) is 5.32 Å². The summed E-state index contributed by atoms with van der Waals surface area (Å²) in [5, 5.41) is 8.09. The van der Waals surface area contributed by atoms with Gasteiger partial charge in [-0.2, -0.15) is 0 Å². The molecule has 0 saturated heterocycles. The van der Waals surface area contributed by atoms with Gasteiger partial charge >= 0.3 is 0 Å². The minimum Gasteiger partial charge on any atom is -0.360 e. The van der Waals surface area contributed by atoms with E-state index in [4.69, 9.17) is 23.8 Å². The second-order valence-electron chi connectivity index (χ2n) is 4.56. The van der Waals surface area contributed by atoms with Crippen LogP contribution < -0.4 is 10.6 Å². The Balaban J connectivity index is 1.90. The zero-order chi connectivity index (χ0) is 13.0. The summed E-state index contributed by atoms with van der Waals surface area (Å²) in [5.41, 5.74) is 1.01. The van der Waals surface area contributed by atoms with Gasteiger partial charge in [0.05, 0.1) is 5.69 Å². The fourth-order valence-corrected chi connectivity index (χ4v) is 3.46. The summed E-state index contributed by atoms with van der Waals surface area (Å²) in [6.07, 6.45) is 6.41. The summed E-state index contributed by atoms with van der Waals surface area (Å²) in [4.78, 5) is 0. The van der Waals surface area contributed by atoms with E-state index in [1.54, 1.807) is 0 Å². The van der Waals surface area contributed by atoms with E-state index >= 15 is 0 Å². The molecule has 1 fully saturated rings. The number of hydrogen-bond acceptors (Lipinski definition) is 1. The van der Waals surface area contributed by atoms with Crippen molar-refractivity contribution in [2.24, 2.45) is 0 Å². The van der Waals surface area contributed by atoms with E-state index in [-0.39, 0.29) is 0 Å². The first kappa shape index (κ1) is 14.3. The third-order valence-electron chi connectivity index (χ3n) is 3.12. The van der Waals surface area contributed by atoms with Gasteiger partial charge in [-0.25, -0.2) is 0 Å². The molecule has 0 atom stereocenters. The van der Waals surface area contributed by atoms with Crippen LogP contribution in [0.1, 0.15) is 32.1 Å². The Morgan fingerprint density at radius 1 is 1.28 bits per heavy atom. The van der Waals surface area contributed by atoms with Crippen LogP contribution in [0.25, 0.3) is 0 Å². The molecule has 0 spiro atoms. The molecule has 1 aliphatic rings. The van der Waals surface area contributed by atoms with Crippen LogP contribution in [0.2, 0.25) is 5.02 Å². The summed E-state index contributed by atoms with van der Waals surface area (Å²) in [5.74, 6) is 0. The lowest BCUT2D eigenvalue weighted by atomic mass is 9.96. The van der Waals surface area contributed by atoms with E-state index in [9.17, 15) is 0 Å². The maximum absolute atomic E-state index is 5.93. The maximum atomic E-state index is 5.93. The Hall–Kier alpha value is -0.0700. The first-order chi connectivity index (χ1) is 8.65. The summed E-state index contributed by atoms with van der Waals surface area (Å²) in [6, 6.07) is 6.28. The van der Waals surface area contributed by atoms with Gasteiger partial charge in [-0.3, -0.25) is 0 Å². The van der Waals surface area contributed by atoms with E-state index in [0.29, 0.717) is 11.2 Å². The Morgan fingerprint density at radius 2 is 2.00 bits per heavy atom. The number of rotatable bonds is 2. The molecule has 98 valence electrons. The number of hydrogen-bond donors (Lipinski definition) is 2. The number of nitrogens with one attached hydrogen (secondary N) is 2. The molecule has 18 heavy (non-hydrogen) atoms. The number of benzene rings is 1. The van der Waals surface area contributed by atoms with Crippen LogP contribution in [0.5, 0.6) is 0 Å². The largest absolute Gasteiger partial charge is 0.360 e. The van der Waals surface area contributed by atoms with Crippen LogP contribution in [0.3, 0.4) is 0 Å². The van der Waals surface area contributed by atoms with Crippen LogP contribution in [-0.2, 0) is 0 Å². The van der Waals surface area contributed by atoms with Crippen LogP contribution in [0.4, 0.5) is 5.69 Å². The summed E-state index contributed by atoms with van der Waals surface area (Å²) in [6.45, 7) is 0. The molecular formula is C13H16ClIN2S. The van der Waals surface area contributed by atoms with Crippen molar-refractivity contribution < 1.29 is 0 Å². The van der Waals surface area contributed by atoms with E-state index in [2.05, 4.69) is 33.2 Å². The second kappa shape index (κ2) is 6.91. The standard InChI is InChI=1S/C13H16ClIN2S/c14-9-6-7-12(11(15)8-9)17-13(18)16-10-4-2-1-3-5-10/h6-8,10H,1-5H2,(H2,16,17,18). The van der Waals surface area contributed by atoms with Crippen LogP contribution in [-0.4, -0.2) is 11.2 Å². The van der Waals surface area contributed by atoms with Crippen molar-refractivity contribution in [2.45, 2.75) is 38.1 Å². The molecule has 1 aromatic rings. The van der Waals surface area contributed by atoms with E-state index in [1.165, 1.54) is 32.1 Å². The lowest BCUT2D eigenvalue weighted by Gasteiger charge is -2.24. The molecule has 0 radical (unpaired) electrons. The summed E-state index contributed by atoms with van der Waals surface area (Å²) in [7, 11) is 0. The maximum Gasteiger partial charge on any atom is 0.171 e. The average Bonchev–Trinajstić information content (AvgIpc) is 2.34. The van der Waals surface area contributed by atoms with E-state index in [1.807, 2.05) is 18.2 Å². The normalized spacial score (nSPS) is 16.3. The van der Waals surface area contributed by atoms with Crippen molar-refractivity contribution in [3.8, 4) is 0 Å². The molecule has 2 nitrogen and oxygen atoms in total. The van der Waals surface area contributed by atoms with Gasteiger partial charge in [-0.15, -0.1) is 0 Å². The Morgan fingerprint density at radius 3 is 2.67 bits per heavy atom. The zero-order valence-electron chi connectivity index (χ0n) is 10.0. The van der Waals surface area contributed by atoms with Gasteiger partial charge in [0.1, 0.15) is 0 Å². The molecule has 0 unspecified atom stereocenters. The highest BCUT2D eigenvalue weighted by Crippen LogP contribution is 2.22. The monoisotopic (exact) mass is 394 g/mol. The van der Waals surface area contributed by atoms with Gasteiger partial charge < -0.3 is 10.6 Å². The van der Waals surface area contributed by atoms with E-state index in [0.717, 1.165) is 14.3 Å². The Kier molecular flexibility index (Phi) is 5.51. The SMILES string of the molecule is S=C(Nc1ccc(Cl)cc1I)NC1CCCCC1. The highest BCUT2D eigenvalue weighted by atomic mass is 127. The molecule has 1 aromatic carbocycles. The van der Waals surface area contributed by atoms with Crippen molar-refractivity contribution in [3.63, 3.8) is 0 Å². The molecule has 0 heterocycles. The molecule has 2 rings (SSSR count). The van der Waals surface area contributed by atoms with Gasteiger partial charge in [0.15, 0.2) is 5.11 Å². The molecule has 0 aliphatic heterocycles. The number of thiocarbonyl (C=S) groups is 1. The second-order valence-corrected chi connectivity index (χ2v) is 6.56. The lowest BCUT2D eigenvalue weighted by Crippen LogP contribution is -2.38. The Bertz CT molecular complexity index is 433. The molecule has 0 amide bonds. The fraction of sp³-hybridized carbons (Fsp3) is 0.462. The van der Waals surface area contributed by atoms with Gasteiger partial charge in [-0.1, -0.05) is 30.9 Å². The Labute approximate surface area is 132 Å². The van der Waals surface area contributed by atoms with E-state index < -0.39 is 0 Å². The summed E-state index contributed by atoms with van der Waals surface area (Å²) < 4.78 is 1.08. The first-order valence-corrected chi connectivity index (χ1v) is 8.04. The molecule has 0 bridgehead atoms. The third-order valence-corrected chi connectivity index (χ3v) is 4.47. The lowest BCUT2D eigenvalue weighted by molar-refractivity contribution is 0.415. The number of anilines is 1. The number of halogens is 2. The fourth-order valence-electron chi connectivity index (χ4n) is 2.18. The van der Waals surface area contributed by atoms with Gasteiger partial charge in [0.2, 0.25) is 0 Å². The minimum atomic E-state index is 0.531. The zero-order valence-corrected chi connectivity index (χ0v) is 13.7. The highest BCUT2D eigenvalue weighted by Gasteiger charge is 2.14. The molecule has 5 heteroatoms. The van der Waals surface area contributed by atoms with Gasteiger partial charge in [-0.05, 0) is 65.8 Å². The molecule has 2 N–H and O–H groups in total. The quantitative estimate of drug-likeness (QED) is 0.568. The predicted octanol–water partition coefficient (Wildman–Crippen LogP) is 4.56. The summed E-state index contributed by atoms with van der Waals surface area (Å²) >= 11 is 13.5. The average molecular weight is 395 g/mol. The first-order valence-electron chi connectivity index (χ1n) is 6.18. The topological polar surface area (TPSA) is 24.1 Å². The highest BCUT2D eigenvalue weighted by molar-refractivity contribution is 14.1. The van der Waals surface area contributed by atoms with Crippen molar-refractivity contribution >= 4 is 57.2 Å². The van der Waals surface area contributed by atoms with Crippen molar-refractivity contribution in [1.29, 1.82) is 0 Å². The van der Waals surface area contributed by atoms with Crippen molar-refractivity contribution in [2.75, 3.05) is 5.32 Å². The third kappa shape index (κ3) is 4.24. The molecule has 1 saturated carbocycles. The molecule has 0 aromatic heterocycles. The van der Waals surface area contributed by atoms with Crippen molar-refractivity contribution in [3.05, 3.63) is 26.8 Å². The molecular weight excluding hydrogens is 379 g/mol. The van der Waals surface area contributed by atoms with Crippen LogP contribution in [0.15, 0.2) is 18.2 Å². The van der Waals surface area contributed by atoms with Gasteiger partial charge in [0.25, 0.3) is 0 Å². The smallest absolute Gasteiger partial charge is 0.171 e. The predicted molar refractivity (Wildman–Crippen MR) is 90.4 cm³/mol.